The van der Waals surface area contributed by atoms with Crippen LogP contribution in [0.25, 0.3) is 0 Å². The van der Waals surface area contributed by atoms with Gasteiger partial charge in [0, 0.05) is 32.7 Å². The van der Waals surface area contributed by atoms with Crippen LogP contribution < -0.4 is 10.1 Å². The first-order valence-corrected chi connectivity index (χ1v) is 10.8. The van der Waals surface area contributed by atoms with Crippen molar-refractivity contribution in [3.05, 3.63) is 36.0 Å². The molecule has 2 fully saturated rings. The zero-order chi connectivity index (χ0) is 20.6. The van der Waals surface area contributed by atoms with Crippen molar-refractivity contribution >= 4 is 16.1 Å². The van der Waals surface area contributed by atoms with E-state index in [1.54, 1.807) is 30.1 Å². The van der Waals surface area contributed by atoms with Crippen LogP contribution >= 0.6 is 0 Å². The molecule has 156 valence electrons. The van der Waals surface area contributed by atoms with E-state index in [2.05, 4.69) is 15.5 Å². The summed E-state index contributed by atoms with van der Waals surface area (Å²) in [4.78, 5) is 18.3. The Bertz CT molecular complexity index is 1000. The lowest BCUT2D eigenvalue weighted by Crippen LogP contribution is -2.48. The third-order valence-corrected chi connectivity index (χ3v) is 7.19. The molecule has 2 aliphatic rings. The van der Waals surface area contributed by atoms with Gasteiger partial charge < -0.3 is 19.5 Å². The molecule has 2 aromatic rings. The van der Waals surface area contributed by atoms with Crippen molar-refractivity contribution in [2.75, 3.05) is 33.8 Å². The number of nitrogens with one attached hydrogen (secondary N) is 1. The molecule has 2 saturated heterocycles. The molecule has 0 radical (unpaired) electrons. The zero-order valence-electron chi connectivity index (χ0n) is 16.2. The number of carbonyl (C=O) groups is 1. The predicted molar refractivity (Wildman–Crippen MR) is 102 cm³/mol. The molecule has 4 rings (SSSR count). The quantitative estimate of drug-likeness (QED) is 0.774. The van der Waals surface area contributed by atoms with Crippen molar-refractivity contribution in [1.29, 1.82) is 0 Å². The van der Waals surface area contributed by atoms with E-state index < -0.39 is 10.0 Å². The fraction of sp³-hybridized carbons (Fsp3) is 0.500. The Morgan fingerprint density at radius 2 is 2.14 bits per heavy atom. The first-order chi connectivity index (χ1) is 13.9. The van der Waals surface area contributed by atoms with Crippen LogP contribution in [0.1, 0.15) is 36.5 Å². The van der Waals surface area contributed by atoms with Gasteiger partial charge in [-0.2, -0.15) is 9.29 Å². The number of aromatic nitrogens is 2. The van der Waals surface area contributed by atoms with Gasteiger partial charge in [-0.1, -0.05) is 11.2 Å². The average Bonchev–Trinajstić information content (AvgIpc) is 3.35. The molecule has 10 nitrogen and oxygen atoms in total. The topological polar surface area (TPSA) is 118 Å². The third-order valence-electron chi connectivity index (χ3n) is 5.36. The minimum absolute atomic E-state index is 0.136. The van der Waals surface area contributed by atoms with E-state index in [1.807, 2.05) is 0 Å². The van der Waals surface area contributed by atoms with Gasteiger partial charge in [0.05, 0.1) is 17.9 Å². The Morgan fingerprint density at radius 3 is 2.86 bits per heavy atom. The molecule has 1 aromatic heterocycles. The van der Waals surface area contributed by atoms with Gasteiger partial charge in [0.25, 0.3) is 0 Å². The first-order valence-electron chi connectivity index (χ1n) is 9.40. The first kappa shape index (κ1) is 19.6. The third kappa shape index (κ3) is 3.55. The van der Waals surface area contributed by atoms with E-state index in [4.69, 9.17) is 9.26 Å². The van der Waals surface area contributed by atoms with Crippen molar-refractivity contribution in [2.45, 2.75) is 29.7 Å². The van der Waals surface area contributed by atoms with Crippen LogP contribution in [-0.4, -0.2) is 67.6 Å². The van der Waals surface area contributed by atoms with Crippen molar-refractivity contribution in [2.24, 2.45) is 0 Å². The highest BCUT2D eigenvalue weighted by Crippen LogP contribution is 2.34. The molecule has 1 N–H and O–H groups in total. The van der Waals surface area contributed by atoms with Gasteiger partial charge in [0.2, 0.25) is 15.9 Å². The summed E-state index contributed by atoms with van der Waals surface area (Å²) in [6.45, 7) is 1.20. The molecule has 2 aliphatic heterocycles. The molecule has 2 amide bonds. The second-order valence-electron chi connectivity index (χ2n) is 7.10. The van der Waals surface area contributed by atoms with Crippen LogP contribution in [0.15, 0.2) is 33.7 Å². The Balaban J connectivity index is 1.43. The zero-order valence-corrected chi connectivity index (χ0v) is 17.1. The number of benzene rings is 1. The van der Waals surface area contributed by atoms with E-state index in [0.29, 0.717) is 24.0 Å². The van der Waals surface area contributed by atoms with Crippen LogP contribution in [0, 0.1) is 0 Å². The Labute approximate surface area is 168 Å². The average molecular weight is 421 g/mol. The number of hydrogen-bond donors (Lipinski definition) is 1. The van der Waals surface area contributed by atoms with Crippen LogP contribution in [0.5, 0.6) is 5.75 Å². The van der Waals surface area contributed by atoms with Crippen molar-refractivity contribution in [3.8, 4) is 5.75 Å². The highest BCUT2D eigenvalue weighted by atomic mass is 32.2. The summed E-state index contributed by atoms with van der Waals surface area (Å²) >= 11 is 0. The van der Waals surface area contributed by atoms with Crippen LogP contribution in [0.3, 0.4) is 0 Å². The predicted octanol–water partition coefficient (Wildman–Crippen LogP) is 1.34. The number of urea groups is 1. The molecule has 1 aromatic carbocycles. The van der Waals surface area contributed by atoms with Crippen LogP contribution in [-0.2, 0) is 10.0 Å². The van der Waals surface area contributed by atoms with Crippen molar-refractivity contribution in [1.82, 2.24) is 24.7 Å². The molecule has 0 spiro atoms. The second-order valence-corrected chi connectivity index (χ2v) is 9.03. The highest BCUT2D eigenvalue weighted by Gasteiger charge is 2.41. The van der Waals surface area contributed by atoms with Gasteiger partial charge >= 0.3 is 6.03 Å². The largest absolute Gasteiger partial charge is 0.497 e. The Morgan fingerprint density at radius 1 is 1.34 bits per heavy atom. The summed E-state index contributed by atoms with van der Waals surface area (Å²) < 4.78 is 37.5. The Hall–Kier alpha value is -2.66. The molecular weight excluding hydrogens is 398 g/mol. The maximum Gasteiger partial charge on any atom is 0.317 e. The van der Waals surface area contributed by atoms with Gasteiger partial charge in [-0.05, 0) is 25.0 Å². The lowest BCUT2D eigenvalue weighted by molar-refractivity contribution is 0.182. The fourth-order valence-corrected chi connectivity index (χ4v) is 5.23. The van der Waals surface area contributed by atoms with Gasteiger partial charge in [0.1, 0.15) is 11.8 Å². The number of sulfonamides is 1. The number of methoxy groups -OCH3 is 1. The number of likely N-dealkylation sites (tertiary alicyclic amines) is 1. The smallest absolute Gasteiger partial charge is 0.317 e. The molecule has 29 heavy (non-hydrogen) atoms. The Kier molecular flexibility index (Phi) is 5.17. The summed E-state index contributed by atoms with van der Waals surface area (Å²) in [6, 6.07) is 5.98. The van der Waals surface area contributed by atoms with Crippen molar-refractivity contribution < 1.29 is 22.5 Å². The SMILES string of the molecule is CNC(=O)N1CCCC1c1nc(C2CN(S(=O)(=O)c3cccc(OC)c3)C2)no1. The number of carbonyl (C=O) groups excluding carboxylic acids is 1. The minimum Gasteiger partial charge on any atom is -0.497 e. The molecule has 11 heteroatoms. The normalized spacial score (nSPS) is 20.5. The molecular formula is C18H23N5O5S. The second kappa shape index (κ2) is 7.64. The van der Waals surface area contributed by atoms with E-state index in [0.717, 1.165) is 12.8 Å². The minimum atomic E-state index is -3.60. The molecule has 0 aliphatic carbocycles. The van der Waals surface area contributed by atoms with Gasteiger partial charge in [-0.25, -0.2) is 13.2 Å². The van der Waals surface area contributed by atoms with Crippen LogP contribution in [0.4, 0.5) is 4.79 Å². The van der Waals surface area contributed by atoms with Gasteiger partial charge in [-0.3, -0.25) is 0 Å². The maximum absolute atomic E-state index is 12.8. The van der Waals surface area contributed by atoms with Crippen LogP contribution in [0.2, 0.25) is 0 Å². The lowest BCUT2D eigenvalue weighted by Gasteiger charge is -2.36. The summed E-state index contributed by atoms with van der Waals surface area (Å²) in [5, 5.41) is 6.65. The molecule has 1 unspecified atom stereocenters. The molecule has 0 bridgehead atoms. The van der Waals surface area contributed by atoms with Gasteiger partial charge in [0.15, 0.2) is 5.82 Å². The fourth-order valence-electron chi connectivity index (χ4n) is 3.67. The number of nitrogens with zero attached hydrogens (tertiary/aromatic N) is 4. The van der Waals surface area contributed by atoms with E-state index in [9.17, 15) is 13.2 Å². The number of ether oxygens (including phenoxy) is 1. The lowest BCUT2D eigenvalue weighted by atomic mass is 10.0. The van der Waals surface area contributed by atoms with E-state index >= 15 is 0 Å². The highest BCUT2D eigenvalue weighted by molar-refractivity contribution is 7.89. The summed E-state index contributed by atoms with van der Waals surface area (Å²) in [6.07, 6.45) is 1.63. The van der Waals surface area contributed by atoms with Gasteiger partial charge in [-0.15, -0.1) is 0 Å². The summed E-state index contributed by atoms with van der Waals surface area (Å²) in [7, 11) is -0.521. The molecule has 1 atom stereocenters. The molecule has 3 heterocycles. The van der Waals surface area contributed by atoms with Crippen molar-refractivity contribution in [3.63, 3.8) is 0 Å². The standard InChI is InChI=1S/C18H23N5O5S/c1-19-18(24)23-8-4-7-15(23)17-20-16(21-28-17)12-10-22(11-12)29(25,26)14-6-3-5-13(9-14)27-2/h3,5-6,9,12,15H,4,7-8,10-11H2,1-2H3,(H,19,24). The summed E-state index contributed by atoms with van der Waals surface area (Å²) in [5.74, 6) is 1.22. The summed E-state index contributed by atoms with van der Waals surface area (Å²) in [5.41, 5.74) is 0. The van der Waals surface area contributed by atoms with E-state index in [-0.39, 0.29) is 36.0 Å². The maximum atomic E-state index is 12.8. The number of hydrogen-bond acceptors (Lipinski definition) is 7. The monoisotopic (exact) mass is 421 g/mol. The molecule has 0 saturated carbocycles. The number of amides is 2. The van der Waals surface area contributed by atoms with E-state index in [1.165, 1.54) is 17.5 Å². The number of rotatable bonds is 5.